The number of rotatable bonds is 8. The molecule has 2 unspecified atom stereocenters. The summed E-state index contributed by atoms with van der Waals surface area (Å²) in [6, 6.07) is 14.4. The van der Waals surface area contributed by atoms with Crippen molar-refractivity contribution in [1.29, 1.82) is 0 Å². The van der Waals surface area contributed by atoms with E-state index in [4.69, 9.17) is 9.47 Å². The molecular formula is C34H50N2O2. The van der Waals surface area contributed by atoms with Gasteiger partial charge in [0.1, 0.15) is 11.5 Å². The summed E-state index contributed by atoms with van der Waals surface area (Å²) in [7, 11) is 0. The number of ether oxygens (including phenoxy) is 2. The minimum absolute atomic E-state index is 0.653. The maximum absolute atomic E-state index is 6.37. The number of hydrogen-bond donors (Lipinski definition) is 0. The highest BCUT2D eigenvalue weighted by Gasteiger charge is 2.33. The Morgan fingerprint density at radius 2 is 0.947 bits per heavy atom. The third kappa shape index (κ3) is 6.74. The van der Waals surface area contributed by atoms with Gasteiger partial charge in [-0.05, 0) is 114 Å². The monoisotopic (exact) mass is 518 g/mol. The predicted molar refractivity (Wildman–Crippen MR) is 157 cm³/mol. The van der Waals surface area contributed by atoms with E-state index in [0.29, 0.717) is 11.8 Å². The molecule has 3 fully saturated rings. The lowest BCUT2D eigenvalue weighted by Gasteiger charge is -2.45. The third-order valence-corrected chi connectivity index (χ3v) is 9.54. The first-order chi connectivity index (χ1) is 18.5. The predicted octanol–water partition coefficient (Wildman–Crippen LogP) is 7.11. The van der Waals surface area contributed by atoms with Gasteiger partial charge >= 0.3 is 0 Å². The average molecular weight is 519 g/mol. The SMILES string of the molecule is Cc1cccc(C)c1OCC1CCCN(C2CCC(N3CCCC(COc4c(C)cccc4C)C3)CC2)C1. The summed E-state index contributed by atoms with van der Waals surface area (Å²) < 4.78 is 12.7. The minimum atomic E-state index is 0.653. The fourth-order valence-electron chi connectivity index (χ4n) is 7.37. The fourth-order valence-corrected chi connectivity index (χ4v) is 7.37. The Hall–Kier alpha value is -2.04. The number of likely N-dealkylation sites (tertiary alicyclic amines) is 2. The molecule has 2 aliphatic heterocycles. The number of aryl methyl sites for hydroxylation is 4. The number of para-hydroxylation sites is 2. The van der Waals surface area contributed by atoms with E-state index in [-0.39, 0.29) is 0 Å². The molecule has 3 aliphatic rings. The van der Waals surface area contributed by atoms with Gasteiger partial charge in [0.05, 0.1) is 13.2 Å². The van der Waals surface area contributed by atoms with Crippen LogP contribution in [0.5, 0.6) is 11.5 Å². The van der Waals surface area contributed by atoms with E-state index >= 15 is 0 Å². The Bertz CT molecular complexity index is 921. The molecular weight excluding hydrogens is 468 g/mol. The fraction of sp³-hybridized carbons (Fsp3) is 0.647. The van der Waals surface area contributed by atoms with Crippen molar-refractivity contribution < 1.29 is 9.47 Å². The molecule has 0 radical (unpaired) electrons. The molecule has 38 heavy (non-hydrogen) atoms. The van der Waals surface area contributed by atoms with Crippen molar-refractivity contribution in [2.45, 2.75) is 91.1 Å². The highest BCUT2D eigenvalue weighted by Crippen LogP contribution is 2.33. The van der Waals surface area contributed by atoms with Crippen LogP contribution in [0.1, 0.15) is 73.6 Å². The third-order valence-electron chi connectivity index (χ3n) is 9.54. The first-order valence-corrected chi connectivity index (χ1v) is 15.3. The second-order valence-electron chi connectivity index (χ2n) is 12.5. The molecule has 1 saturated carbocycles. The maximum atomic E-state index is 6.37. The summed E-state index contributed by atoms with van der Waals surface area (Å²) in [6.07, 6.45) is 10.7. The molecule has 0 N–H and O–H groups in total. The first-order valence-electron chi connectivity index (χ1n) is 15.3. The van der Waals surface area contributed by atoms with Crippen LogP contribution in [0.15, 0.2) is 36.4 Å². The van der Waals surface area contributed by atoms with Gasteiger partial charge in [-0.3, -0.25) is 9.80 Å². The molecule has 4 nitrogen and oxygen atoms in total. The largest absolute Gasteiger partial charge is 0.493 e. The van der Waals surface area contributed by atoms with Crippen LogP contribution in [0.2, 0.25) is 0 Å². The molecule has 1 aliphatic carbocycles. The lowest BCUT2D eigenvalue weighted by molar-refractivity contribution is 0.0368. The molecule has 2 atom stereocenters. The van der Waals surface area contributed by atoms with Gasteiger partial charge in [0.15, 0.2) is 0 Å². The van der Waals surface area contributed by atoms with Crippen molar-refractivity contribution in [1.82, 2.24) is 9.80 Å². The van der Waals surface area contributed by atoms with Gasteiger partial charge in [-0.15, -0.1) is 0 Å². The molecule has 0 spiro atoms. The summed E-state index contributed by atoms with van der Waals surface area (Å²) in [5.74, 6) is 3.51. The van der Waals surface area contributed by atoms with Crippen molar-refractivity contribution in [2.24, 2.45) is 11.8 Å². The topological polar surface area (TPSA) is 24.9 Å². The van der Waals surface area contributed by atoms with E-state index in [9.17, 15) is 0 Å². The summed E-state index contributed by atoms with van der Waals surface area (Å²) in [6.45, 7) is 15.3. The van der Waals surface area contributed by atoms with Gasteiger partial charge < -0.3 is 9.47 Å². The summed E-state index contributed by atoms with van der Waals surface area (Å²) in [5, 5.41) is 0. The van der Waals surface area contributed by atoms with Crippen LogP contribution in [-0.4, -0.2) is 61.3 Å². The van der Waals surface area contributed by atoms with E-state index in [1.165, 1.54) is 99.8 Å². The number of piperidine rings is 2. The van der Waals surface area contributed by atoms with Crippen LogP contribution >= 0.6 is 0 Å². The van der Waals surface area contributed by atoms with Crippen molar-refractivity contribution in [2.75, 3.05) is 39.4 Å². The first kappa shape index (κ1) is 27.5. The van der Waals surface area contributed by atoms with E-state index < -0.39 is 0 Å². The number of benzene rings is 2. The zero-order chi connectivity index (χ0) is 26.5. The van der Waals surface area contributed by atoms with Crippen LogP contribution in [-0.2, 0) is 0 Å². The van der Waals surface area contributed by atoms with Gasteiger partial charge in [-0.2, -0.15) is 0 Å². The zero-order valence-corrected chi connectivity index (χ0v) is 24.4. The summed E-state index contributed by atoms with van der Waals surface area (Å²) in [4.78, 5) is 5.63. The second kappa shape index (κ2) is 12.9. The molecule has 4 heteroatoms. The molecule has 2 saturated heterocycles. The summed E-state index contributed by atoms with van der Waals surface area (Å²) in [5.41, 5.74) is 5.03. The minimum Gasteiger partial charge on any atom is -0.493 e. The van der Waals surface area contributed by atoms with Crippen LogP contribution in [0.3, 0.4) is 0 Å². The Morgan fingerprint density at radius 1 is 0.579 bits per heavy atom. The molecule has 0 bridgehead atoms. The maximum Gasteiger partial charge on any atom is 0.125 e. The van der Waals surface area contributed by atoms with Crippen LogP contribution in [0.25, 0.3) is 0 Å². The molecule has 2 aromatic carbocycles. The Kier molecular flexibility index (Phi) is 9.33. The van der Waals surface area contributed by atoms with Crippen molar-refractivity contribution >= 4 is 0 Å². The normalized spacial score (nSPS) is 27.3. The van der Waals surface area contributed by atoms with Crippen LogP contribution in [0, 0.1) is 39.5 Å². The van der Waals surface area contributed by atoms with Crippen LogP contribution in [0.4, 0.5) is 0 Å². The lowest BCUT2D eigenvalue weighted by Crippen LogP contribution is -2.50. The van der Waals surface area contributed by atoms with Gasteiger partial charge in [0.25, 0.3) is 0 Å². The average Bonchev–Trinajstić information content (AvgIpc) is 2.93. The highest BCUT2D eigenvalue weighted by molar-refractivity contribution is 5.40. The van der Waals surface area contributed by atoms with Crippen LogP contribution < -0.4 is 9.47 Å². The summed E-state index contributed by atoms with van der Waals surface area (Å²) >= 11 is 0. The van der Waals surface area contributed by atoms with Crippen molar-refractivity contribution in [3.63, 3.8) is 0 Å². The van der Waals surface area contributed by atoms with E-state index in [1.807, 2.05) is 0 Å². The van der Waals surface area contributed by atoms with Gasteiger partial charge in [0, 0.05) is 37.0 Å². The quantitative estimate of drug-likeness (QED) is 0.372. The highest BCUT2D eigenvalue weighted by atomic mass is 16.5. The van der Waals surface area contributed by atoms with E-state index in [1.54, 1.807) is 0 Å². The number of hydrogen-bond acceptors (Lipinski definition) is 4. The molecule has 208 valence electrons. The zero-order valence-electron chi connectivity index (χ0n) is 24.4. The molecule has 0 amide bonds. The second-order valence-corrected chi connectivity index (χ2v) is 12.5. The van der Waals surface area contributed by atoms with E-state index in [0.717, 1.165) is 36.8 Å². The van der Waals surface area contributed by atoms with Crippen molar-refractivity contribution in [3.05, 3.63) is 58.7 Å². The van der Waals surface area contributed by atoms with Gasteiger partial charge in [-0.1, -0.05) is 36.4 Å². The Labute approximate surface area is 231 Å². The van der Waals surface area contributed by atoms with E-state index in [2.05, 4.69) is 73.9 Å². The van der Waals surface area contributed by atoms with Gasteiger partial charge in [0.2, 0.25) is 0 Å². The van der Waals surface area contributed by atoms with Crippen molar-refractivity contribution in [3.8, 4) is 11.5 Å². The Morgan fingerprint density at radius 3 is 1.32 bits per heavy atom. The Balaban J connectivity index is 1.07. The molecule has 5 rings (SSSR count). The molecule has 2 heterocycles. The molecule has 2 aromatic rings. The smallest absolute Gasteiger partial charge is 0.125 e. The standard InChI is InChI=1S/C34H50N2O2/c1-25-9-5-10-26(2)33(25)37-23-29-13-7-19-35(21-29)31-15-17-32(18-16-31)36-20-8-14-30(22-36)24-38-34-27(3)11-6-12-28(34)4/h5-6,9-12,29-32H,7-8,13-24H2,1-4H3. The lowest BCUT2D eigenvalue weighted by atomic mass is 9.85. The van der Waals surface area contributed by atoms with Gasteiger partial charge in [-0.25, -0.2) is 0 Å². The number of nitrogens with zero attached hydrogens (tertiary/aromatic N) is 2. The molecule has 0 aromatic heterocycles.